The number of allylic oxidation sites excluding steroid dienone is 2. The molecule has 0 unspecified atom stereocenters. The summed E-state index contributed by atoms with van der Waals surface area (Å²) in [5, 5.41) is 21.3. The zero-order valence-electron chi connectivity index (χ0n) is 20.2. The number of carbonyl (C=O) groups is 2. The summed E-state index contributed by atoms with van der Waals surface area (Å²) < 4.78 is 12.1. The third-order valence-electron chi connectivity index (χ3n) is 6.09. The number of hydrogen-bond donors (Lipinski definition) is 3. The molecule has 7 heteroatoms. The number of ether oxygens (including phenoxy) is 2. The van der Waals surface area contributed by atoms with Crippen LogP contribution in [-0.2, 0) is 19.1 Å². The third kappa shape index (κ3) is 9.66. The first-order chi connectivity index (χ1) is 15.5. The summed E-state index contributed by atoms with van der Waals surface area (Å²) in [6, 6.07) is -0.0670. The van der Waals surface area contributed by atoms with Crippen molar-refractivity contribution in [1.82, 2.24) is 5.32 Å². The minimum atomic E-state index is -0.859. The van der Waals surface area contributed by atoms with Gasteiger partial charge in [-0.25, -0.2) is 0 Å². The second-order valence-electron chi connectivity index (χ2n) is 9.40. The van der Waals surface area contributed by atoms with Gasteiger partial charge in [0.1, 0.15) is 0 Å². The van der Waals surface area contributed by atoms with Crippen LogP contribution in [0.4, 0.5) is 0 Å². The summed E-state index contributed by atoms with van der Waals surface area (Å²) in [5.41, 5.74) is 2.11. The van der Waals surface area contributed by atoms with E-state index >= 15 is 0 Å². The lowest BCUT2D eigenvalue weighted by atomic mass is 9.88. The fraction of sp³-hybridized carbons (Fsp3) is 0.615. The minimum Gasteiger partial charge on any atom is -0.481 e. The van der Waals surface area contributed by atoms with Crippen molar-refractivity contribution in [2.45, 2.75) is 96.4 Å². The smallest absolute Gasteiger partial charge is 0.305 e. The van der Waals surface area contributed by atoms with E-state index in [0.29, 0.717) is 12.8 Å². The first-order valence-corrected chi connectivity index (χ1v) is 11.7. The van der Waals surface area contributed by atoms with Crippen molar-refractivity contribution in [3.63, 3.8) is 0 Å². The van der Waals surface area contributed by atoms with Crippen LogP contribution < -0.4 is 5.32 Å². The number of rotatable bonds is 9. The number of aliphatic hydroxyl groups is 1. The molecule has 2 aliphatic heterocycles. The van der Waals surface area contributed by atoms with Crippen molar-refractivity contribution in [3.05, 3.63) is 48.1 Å². The van der Waals surface area contributed by atoms with Gasteiger partial charge in [0.25, 0.3) is 0 Å². The third-order valence-corrected chi connectivity index (χ3v) is 6.09. The van der Waals surface area contributed by atoms with Crippen molar-refractivity contribution >= 4 is 11.9 Å². The Bertz CT molecular complexity index is 782. The predicted octanol–water partition coefficient (Wildman–Crippen LogP) is 3.69. The first-order valence-electron chi connectivity index (χ1n) is 11.7. The second-order valence-corrected chi connectivity index (χ2v) is 9.40. The Morgan fingerprint density at radius 3 is 2.64 bits per heavy atom. The zero-order valence-corrected chi connectivity index (χ0v) is 20.2. The van der Waals surface area contributed by atoms with Gasteiger partial charge in [-0.2, -0.15) is 0 Å². The van der Waals surface area contributed by atoms with E-state index < -0.39 is 12.1 Å². The maximum Gasteiger partial charge on any atom is 0.305 e. The number of carboxylic acid groups (broad SMARTS) is 1. The topological polar surface area (TPSA) is 105 Å². The molecule has 2 aliphatic rings. The van der Waals surface area contributed by atoms with Crippen molar-refractivity contribution in [1.29, 1.82) is 0 Å². The molecule has 2 heterocycles. The van der Waals surface area contributed by atoms with Gasteiger partial charge in [-0.3, -0.25) is 9.59 Å². The number of hydrogen-bond acceptors (Lipinski definition) is 5. The van der Waals surface area contributed by atoms with E-state index in [-0.39, 0.29) is 48.7 Å². The highest BCUT2D eigenvalue weighted by Crippen LogP contribution is 2.28. The number of aliphatic carboxylic acids is 1. The Labute approximate surface area is 197 Å². The Morgan fingerprint density at radius 2 is 1.97 bits per heavy atom. The molecule has 7 nitrogen and oxygen atoms in total. The highest BCUT2D eigenvalue weighted by molar-refractivity contribution is 5.87. The zero-order chi connectivity index (χ0) is 24.5. The van der Waals surface area contributed by atoms with Crippen LogP contribution in [0.25, 0.3) is 0 Å². The van der Waals surface area contributed by atoms with Gasteiger partial charge >= 0.3 is 5.97 Å². The predicted molar refractivity (Wildman–Crippen MR) is 128 cm³/mol. The first kappa shape index (κ1) is 27.0. The van der Waals surface area contributed by atoms with Crippen LogP contribution in [0.15, 0.2) is 48.1 Å². The largest absolute Gasteiger partial charge is 0.481 e. The van der Waals surface area contributed by atoms with Gasteiger partial charge < -0.3 is 25.0 Å². The van der Waals surface area contributed by atoms with Gasteiger partial charge in [-0.15, -0.1) is 0 Å². The van der Waals surface area contributed by atoms with E-state index in [2.05, 4.69) is 24.9 Å². The molecule has 1 amide bonds. The Balaban J connectivity index is 1.85. The van der Waals surface area contributed by atoms with Gasteiger partial charge in [0.05, 0.1) is 43.0 Å². The Morgan fingerprint density at radius 1 is 1.24 bits per heavy atom. The fourth-order valence-electron chi connectivity index (χ4n) is 4.26. The molecule has 3 N–H and O–H groups in total. The number of aliphatic hydroxyl groups excluding tert-OH is 1. The molecule has 0 aromatic rings. The summed E-state index contributed by atoms with van der Waals surface area (Å²) in [7, 11) is 0. The van der Waals surface area contributed by atoms with Crippen LogP contribution in [0.2, 0.25) is 0 Å². The molecule has 184 valence electrons. The highest BCUT2D eigenvalue weighted by Gasteiger charge is 2.33. The lowest BCUT2D eigenvalue weighted by Crippen LogP contribution is -2.50. The molecular formula is C26H39NO6. The molecule has 0 bridgehead atoms. The normalized spacial score (nSPS) is 32.3. The lowest BCUT2D eigenvalue weighted by Gasteiger charge is -2.39. The van der Waals surface area contributed by atoms with E-state index in [1.807, 2.05) is 26.0 Å². The molecule has 2 rings (SSSR count). The molecule has 0 aromatic carbocycles. The van der Waals surface area contributed by atoms with Crippen LogP contribution in [0.1, 0.15) is 59.8 Å². The van der Waals surface area contributed by atoms with Gasteiger partial charge in [-0.05, 0) is 52.4 Å². The van der Waals surface area contributed by atoms with E-state index in [1.165, 1.54) is 12.2 Å². The van der Waals surface area contributed by atoms with E-state index in [4.69, 9.17) is 14.6 Å². The van der Waals surface area contributed by atoms with Crippen LogP contribution in [-0.4, -0.2) is 58.7 Å². The van der Waals surface area contributed by atoms with Crippen molar-refractivity contribution in [2.75, 3.05) is 0 Å². The highest BCUT2D eigenvalue weighted by atomic mass is 16.5. The summed E-state index contributed by atoms with van der Waals surface area (Å²) in [6.07, 6.45) is 10.7. The quantitative estimate of drug-likeness (QED) is 0.275. The monoisotopic (exact) mass is 461 g/mol. The van der Waals surface area contributed by atoms with Crippen LogP contribution >= 0.6 is 0 Å². The molecule has 0 aliphatic carbocycles. The summed E-state index contributed by atoms with van der Waals surface area (Å²) >= 11 is 0. The molecule has 33 heavy (non-hydrogen) atoms. The fourth-order valence-corrected chi connectivity index (χ4v) is 4.26. The second kappa shape index (κ2) is 12.9. The average Bonchev–Trinajstić information content (AvgIpc) is 2.71. The van der Waals surface area contributed by atoms with Crippen molar-refractivity contribution in [3.8, 4) is 0 Å². The average molecular weight is 462 g/mol. The van der Waals surface area contributed by atoms with Crippen LogP contribution in [0.3, 0.4) is 0 Å². The van der Waals surface area contributed by atoms with Crippen molar-refractivity contribution in [2.24, 2.45) is 5.92 Å². The molecule has 0 spiro atoms. The molecular weight excluding hydrogens is 422 g/mol. The summed E-state index contributed by atoms with van der Waals surface area (Å²) in [6.45, 7) is 11.8. The number of carbonyl (C=O) groups excluding carboxylic acids is 1. The summed E-state index contributed by atoms with van der Waals surface area (Å²) in [4.78, 5) is 23.0. The lowest BCUT2D eigenvalue weighted by molar-refractivity contribution is -0.141. The Hall–Kier alpha value is -2.22. The van der Waals surface area contributed by atoms with Crippen LogP contribution in [0, 0.1) is 5.92 Å². The number of carboxylic acids is 1. The van der Waals surface area contributed by atoms with Gasteiger partial charge in [-0.1, -0.05) is 49.0 Å². The van der Waals surface area contributed by atoms with Crippen molar-refractivity contribution < 1.29 is 29.3 Å². The van der Waals surface area contributed by atoms with E-state index in [0.717, 1.165) is 24.0 Å². The molecule has 0 saturated carbocycles. The van der Waals surface area contributed by atoms with Gasteiger partial charge in [0.15, 0.2) is 0 Å². The number of amides is 1. The maximum absolute atomic E-state index is 12.0. The minimum absolute atomic E-state index is 0.00837. The SMILES string of the molecule is C=C1C[C@H](CC(=O)O)O[C@H](/C=C/C(C)=C/C[C@@H]2O[C@H](C)[C@H](NC(=O)/C=C\[C@H](C)O)C[C@@H]2C)C1. The van der Waals surface area contributed by atoms with Gasteiger partial charge in [0.2, 0.25) is 5.91 Å². The number of nitrogens with one attached hydrogen (secondary N) is 1. The van der Waals surface area contributed by atoms with E-state index in [9.17, 15) is 14.7 Å². The van der Waals surface area contributed by atoms with Gasteiger partial charge in [0, 0.05) is 6.08 Å². The van der Waals surface area contributed by atoms with E-state index in [1.54, 1.807) is 6.92 Å². The molecule has 0 aromatic heterocycles. The van der Waals surface area contributed by atoms with Crippen LogP contribution in [0.5, 0.6) is 0 Å². The Kier molecular flexibility index (Phi) is 10.5. The molecule has 2 saturated heterocycles. The molecule has 7 atom stereocenters. The molecule has 2 fully saturated rings. The standard InChI is InChI=1S/C26H39NO6/c1-16(6-9-21-12-17(2)13-22(33-21)15-26(30)31)7-10-24-18(3)14-23(20(5)32-24)27-25(29)11-8-19(4)28/h6-9,11,18-24,28H,2,10,12-15H2,1,3-5H3,(H,27,29)(H,30,31)/b9-6+,11-8-,16-7+/t18-,19-,20+,21+,22+,23+,24-/m0/s1. The molecule has 0 radical (unpaired) electrons. The maximum atomic E-state index is 12.0. The summed E-state index contributed by atoms with van der Waals surface area (Å²) in [5.74, 6) is -0.800.